The summed E-state index contributed by atoms with van der Waals surface area (Å²) >= 11 is 0. The molecule has 0 saturated heterocycles. The maximum Gasteiger partial charge on any atom is 0.165 e. The minimum absolute atomic E-state index is 0.0218. The molecule has 0 aliphatic rings. The van der Waals surface area contributed by atoms with Crippen LogP contribution in [0.3, 0.4) is 0 Å². The van der Waals surface area contributed by atoms with Gasteiger partial charge >= 0.3 is 0 Å². The summed E-state index contributed by atoms with van der Waals surface area (Å²) in [6, 6.07) is 12.9. The van der Waals surface area contributed by atoms with E-state index in [1.807, 2.05) is 30.3 Å². The van der Waals surface area contributed by atoms with Gasteiger partial charge in [-0.2, -0.15) is 0 Å². The Morgan fingerprint density at radius 3 is 2.25 bits per heavy atom. The van der Waals surface area contributed by atoms with Crippen LogP contribution in [0, 0.1) is 0 Å². The standard InChI is InChI=1S/C17H21NO2/c1-17(2,3)18-11-12-7-4-5-8-13(12)14-9-6-10-15(19)16(14)20/h4-10,18-20H,11H2,1-3H3. The largest absolute Gasteiger partial charge is 0.504 e. The first kappa shape index (κ1) is 14.4. The van der Waals surface area contributed by atoms with E-state index < -0.39 is 0 Å². The molecule has 0 unspecified atom stereocenters. The van der Waals surface area contributed by atoms with Crippen molar-refractivity contribution in [3.63, 3.8) is 0 Å². The number of hydrogen-bond donors (Lipinski definition) is 3. The fourth-order valence-corrected chi connectivity index (χ4v) is 2.05. The zero-order valence-corrected chi connectivity index (χ0v) is 12.1. The van der Waals surface area contributed by atoms with Crippen LogP contribution < -0.4 is 5.32 Å². The number of nitrogens with one attached hydrogen (secondary N) is 1. The normalized spacial score (nSPS) is 11.6. The zero-order chi connectivity index (χ0) is 14.8. The number of phenols is 2. The first-order valence-corrected chi connectivity index (χ1v) is 6.73. The molecule has 20 heavy (non-hydrogen) atoms. The van der Waals surface area contributed by atoms with Crippen molar-refractivity contribution in [2.24, 2.45) is 0 Å². The molecular formula is C17H21NO2. The lowest BCUT2D eigenvalue weighted by Crippen LogP contribution is -2.35. The van der Waals surface area contributed by atoms with Gasteiger partial charge in [-0.25, -0.2) is 0 Å². The van der Waals surface area contributed by atoms with E-state index in [0.29, 0.717) is 12.1 Å². The van der Waals surface area contributed by atoms with Crippen LogP contribution >= 0.6 is 0 Å². The number of hydrogen-bond acceptors (Lipinski definition) is 3. The van der Waals surface area contributed by atoms with Crippen molar-refractivity contribution < 1.29 is 10.2 Å². The maximum atomic E-state index is 10.0. The van der Waals surface area contributed by atoms with Gasteiger partial charge in [0.05, 0.1) is 0 Å². The Morgan fingerprint density at radius 2 is 1.55 bits per heavy atom. The fraction of sp³-hybridized carbons (Fsp3) is 0.294. The van der Waals surface area contributed by atoms with Crippen LogP contribution in [0.15, 0.2) is 42.5 Å². The van der Waals surface area contributed by atoms with E-state index in [1.165, 1.54) is 6.07 Å². The molecule has 0 saturated carbocycles. The topological polar surface area (TPSA) is 52.5 Å². The Labute approximate surface area is 119 Å². The van der Waals surface area contributed by atoms with E-state index >= 15 is 0 Å². The Bertz CT molecular complexity index is 600. The van der Waals surface area contributed by atoms with Gasteiger partial charge in [-0.15, -0.1) is 0 Å². The summed E-state index contributed by atoms with van der Waals surface area (Å²) in [5.74, 6) is -0.170. The minimum Gasteiger partial charge on any atom is -0.504 e. The molecular weight excluding hydrogens is 250 g/mol. The Hall–Kier alpha value is -2.00. The van der Waals surface area contributed by atoms with Crippen LogP contribution in [0.5, 0.6) is 11.5 Å². The molecule has 3 heteroatoms. The lowest BCUT2D eigenvalue weighted by molar-refractivity contribution is 0.405. The van der Waals surface area contributed by atoms with Gasteiger partial charge in [0.15, 0.2) is 11.5 Å². The summed E-state index contributed by atoms with van der Waals surface area (Å²) in [6.07, 6.45) is 0. The molecule has 0 aliphatic heterocycles. The molecule has 3 N–H and O–H groups in total. The first-order chi connectivity index (χ1) is 9.38. The third kappa shape index (κ3) is 3.31. The number of aromatic hydroxyl groups is 2. The highest BCUT2D eigenvalue weighted by Crippen LogP contribution is 2.37. The Kier molecular flexibility index (Phi) is 4.00. The molecule has 0 fully saturated rings. The second kappa shape index (κ2) is 5.55. The van der Waals surface area contributed by atoms with E-state index in [1.54, 1.807) is 6.07 Å². The number of phenolic OH excluding ortho intramolecular Hbond substituents is 2. The predicted octanol–water partition coefficient (Wildman–Crippen LogP) is 3.65. The van der Waals surface area contributed by atoms with Crippen molar-refractivity contribution in [3.8, 4) is 22.6 Å². The van der Waals surface area contributed by atoms with Gasteiger partial charge in [0.2, 0.25) is 0 Å². The molecule has 0 atom stereocenters. The fourth-order valence-electron chi connectivity index (χ4n) is 2.05. The van der Waals surface area contributed by atoms with Gasteiger partial charge in [-0.05, 0) is 38.0 Å². The van der Waals surface area contributed by atoms with E-state index in [9.17, 15) is 10.2 Å². The van der Waals surface area contributed by atoms with E-state index in [2.05, 4.69) is 26.1 Å². The average Bonchev–Trinajstić information content (AvgIpc) is 2.39. The molecule has 0 bridgehead atoms. The number of rotatable bonds is 3. The predicted molar refractivity (Wildman–Crippen MR) is 81.8 cm³/mol. The second-order valence-corrected chi connectivity index (χ2v) is 5.93. The van der Waals surface area contributed by atoms with Gasteiger partial charge in [0, 0.05) is 17.6 Å². The molecule has 2 aromatic rings. The highest BCUT2D eigenvalue weighted by atomic mass is 16.3. The summed E-state index contributed by atoms with van der Waals surface area (Å²) in [4.78, 5) is 0. The lowest BCUT2D eigenvalue weighted by atomic mass is 9.97. The quantitative estimate of drug-likeness (QED) is 0.747. The van der Waals surface area contributed by atoms with Gasteiger partial charge < -0.3 is 15.5 Å². The number of benzene rings is 2. The van der Waals surface area contributed by atoms with Gasteiger partial charge in [0.1, 0.15) is 0 Å². The SMILES string of the molecule is CC(C)(C)NCc1ccccc1-c1cccc(O)c1O. The van der Waals surface area contributed by atoms with Crippen LogP contribution in [0.2, 0.25) is 0 Å². The second-order valence-electron chi connectivity index (χ2n) is 5.93. The summed E-state index contributed by atoms with van der Waals surface area (Å²) < 4.78 is 0. The van der Waals surface area contributed by atoms with Gasteiger partial charge in [-0.1, -0.05) is 36.4 Å². The molecule has 2 rings (SSSR count). The smallest absolute Gasteiger partial charge is 0.165 e. The third-order valence-electron chi connectivity index (χ3n) is 3.13. The van der Waals surface area contributed by atoms with Crippen LogP contribution in [0.1, 0.15) is 26.3 Å². The van der Waals surface area contributed by atoms with Gasteiger partial charge in [-0.3, -0.25) is 0 Å². The van der Waals surface area contributed by atoms with E-state index in [-0.39, 0.29) is 17.0 Å². The molecule has 3 nitrogen and oxygen atoms in total. The van der Waals surface area contributed by atoms with E-state index in [0.717, 1.165) is 11.1 Å². The zero-order valence-electron chi connectivity index (χ0n) is 12.1. The van der Waals surface area contributed by atoms with Gasteiger partial charge in [0.25, 0.3) is 0 Å². The van der Waals surface area contributed by atoms with Crippen LogP contribution in [0.4, 0.5) is 0 Å². The highest BCUT2D eigenvalue weighted by molar-refractivity contribution is 5.75. The molecule has 0 radical (unpaired) electrons. The maximum absolute atomic E-state index is 10.0. The van der Waals surface area contributed by atoms with Crippen LogP contribution in [0.25, 0.3) is 11.1 Å². The molecule has 2 aromatic carbocycles. The third-order valence-corrected chi connectivity index (χ3v) is 3.13. The summed E-state index contributed by atoms with van der Waals surface area (Å²) in [5, 5.41) is 23.1. The van der Waals surface area contributed by atoms with Crippen molar-refractivity contribution in [1.29, 1.82) is 0 Å². The summed E-state index contributed by atoms with van der Waals surface area (Å²) in [6.45, 7) is 7.04. The molecule has 0 aliphatic carbocycles. The first-order valence-electron chi connectivity index (χ1n) is 6.73. The van der Waals surface area contributed by atoms with Crippen molar-refractivity contribution in [2.75, 3.05) is 0 Å². The van der Waals surface area contributed by atoms with E-state index in [4.69, 9.17) is 0 Å². The monoisotopic (exact) mass is 271 g/mol. The Balaban J connectivity index is 2.39. The summed E-state index contributed by atoms with van der Waals surface area (Å²) in [5.41, 5.74) is 2.69. The molecule has 0 aromatic heterocycles. The van der Waals surface area contributed by atoms with Crippen LogP contribution in [-0.4, -0.2) is 15.8 Å². The minimum atomic E-state index is -0.0962. The molecule has 0 heterocycles. The highest BCUT2D eigenvalue weighted by Gasteiger charge is 2.14. The van der Waals surface area contributed by atoms with Crippen molar-refractivity contribution in [1.82, 2.24) is 5.32 Å². The lowest BCUT2D eigenvalue weighted by Gasteiger charge is -2.22. The van der Waals surface area contributed by atoms with Crippen molar-refractivity contribution >= 4 is 0 Å². The average molecular weight is 271 g/mol. The molecule has 0 amide bonds. The Morgan fingerprint density at radius 1 is 0.900 bits per heavy atom. The van der Waals surface area contributed by atoms with Crippen LogP contribution in [-0.2, 0) is 6.54 Å². The van der Waals surface area contributed by atoms with Crippen molar-refractivity contribution in [2.45, 2.75) is 32.9 Å². The molecule has 0 spiro atoms. The molecule has 106 valence electrons. The number of para-hydroxylation sites is 1. The summed E-state index contributed by atoms with van der Waals surface area (Å²) in [7, 11) is 0. The van der Waals surface area contributed by atoms with Crippen molar-refractivity contribution in [3.05, 3.63) is 48.0 Å².